The quantitative estimate of drug-likeness (QED) is 0.690. The number of amides is 2. The maximum Gasteiger partial charge on any atom is 0.407 e. The average Bonchev–Trinajstić information content (AvgIpc) is 3.12. The Kier molecular flexibility index (Phi) is 6.53. The fourth-order valence-corrected chi connectivity index (χ4v) is 3.12. The van der Waals surface area contributed by atoms with Crippen LogP contribution in [-0.4, -0.2) is 41.7 Å². The van der Waals surface area contributed by atoms with Gasteiger partial charge in [-0.2, -0.15) is 0 Å². The Morgan fingerprint density at radius 3 is 2.89 bits per heavy atom. The van der Waals surface area contributed by atoms with E-state index in [1.165, 1.54) is 13.3 Å². The Bertz CT molecular complexity index is 894. The van der Waals surface area contributed by atoms with Crippen molar-refractivity contribution in [3.63, 3.8) is 0 Å². The molecule has 8 nitrogen and oxygen atoms in total. The molecule has 0 radical (unpaired) electrons. The van der Waals surface area contributed by atoms with Gasteiger partial charge in [0.05, 0.1) is 23.4 Å². The normalized spacial score (nSPS) is 15.8. The minimum Gasteiger partial charge on any atom is -0.481 e. The Labute approximate surface area is 171 Å². The van der Waals surface area contributed by atoms with Crippen molar-refractivity contribution in [2.24, 2.45) is 0 Å². The van der Waals surface area contributed by atoms with E-state index in [2.05, 4.69) is 20.6 Å². The molecule has 0 aromatic carbocycles. The third kappa shape index (κ3) is 4.82. The van der Waals surface area contributed by atoms with Crippen LogP contribution < -0.4 is 15.4 Å². The Hall–Kier alpha value is -2.58. The number of alkyl carbamates (subject to hydrolysis) is 1. The molecule has 1 aliphatic heterocycles. The number of ether oxygens (including phenoxy) is 2. The highest BCUT2D eigenvalue weighted by Gasteiger charge is 2.21. The van der Waals surface area contributed by atoms with Crippen molar-refractivity contribution in [3.05, 3.63) is 40.1 Å². The van der Waals surface area contributed by atoms with Gasteiger partial charge in [0, 0.05) is 30.8 Å². The van der Waals surface area contributed by atoms with Crippen molar-refractivity contribution in [2.75, 3.05) is 13.7 Å². The molecule has 1 fully saturated rings. The first-order valence-electron chi connectivity index (χ1n) is 8.52. The summed E-state index contributed by atoms with van der Waals surface area (Å²) in [5.74, 6) is 0.295. The van der Waals surface area contributed by atoms with Gasteiger partial charge in [-0.1, -0.05) is 23.2 Å². The van der Waals surface area contributed by atoms with Gasteiger partial charge in [-0.05, 0) is 24.6 Å². The Balaban J connectivity index is 1.62. The zero-order valence-corrected chi connectivity index (χ0v) is 16.5. The number of hydrogen-bond acceptors (Lipinski definition) is 6. The van der Waals surface area contributed by atoms with Crippen molar-refractivity contribution in [1.82, 2.24) is 20.6 Å². The molecule has 0 spiro atoms. The van der Waals surface area contributed by atoms with Crippen molar-refractivity contribution in [1.29, 1.82) is 0 Å². The second-order valence-corrected chi connectivity index (χ2v) is 6.82. The summed E-state index contributed by atoms with van der Waals surface area (Å²) in [7, 11) is 1.47. The molecule has 2 N–H and O–H groups in total. The summed E-state index contributed by atoms with van der Waals surface area (Å²) in [5, 5.41) is 5.87. The highest BCUT2D eigenvalue weighted by Crippen LogP contribution is 2.32. The number of carbonyl (C=O) groups is 2. The van der Waals surface area contributed by atoms with Crippen LogP contribution in [0, 0.1) is 0 Å². The molecule has 28 heavy (non-hydrogen) atoms. The van der Waals surface area contributed by atoms with Gasteiger partial charge < -0.3 is 20.1 Å². The lowest BCUT2D eigenvalue weighted by Crippen LogP contribution is -2.38. The first kappa shape index (κ1) is 20.2. The highest BCUT2D eigenvalue weighted by molar-refractivity contribution is 6.42. The summed E-state index contributed by atoms with van der Waals surface area (Å²) < 4.78 is 10.5. The molecular weight excluding hydrogens is 407 g/mol. The van der Waals surface area contributed by atoms with Gasteiger partial charge >= 0.3 is 6.09 Å². The van der Waals surface area contributed by atoms with Gasteiger partial charge in [0.15, 0.2) is 0 Å². The lowest BCUT2D eigenvalue weighted by molar-refractivity contribution is -0.119. The van der Waals surface area contributed by atoms with E-state index >= 15 is 0 Å². The van der Waals surface area contributed by atoms with Crippen LogP contribution in [0.4, 0.5) is 4.79 Å². The summed E-state index contributed by atoms with van der Waals surface area (Å²) in [6, 6.07) is 5.09. The number of nitrogens with one attached hydrogen (secondary N) is 2. The van der Waals surface area contributed by atoms with Crippen LogP contribution >= 0.6 is 23.2 Å². The lowest BCUT2D eigenvalue weighted by Gasteiger charge is -2.13. The minimum atomic E-state index is -0.587. The molecular formula is C18H18Cl2N4O4. The predicted molar refractivity (Wildman–Crippen MR) is 103 cm³/mol. The van der Waals surface area contributed by atoms with Gasteiger partial charge in [-0.3, -0.25) is 4.79 Å². The van der Waals surface area contributed by atoms with Crippen molar-refractivity contribution >= 4 is 35.2 Å². The van der Waals surface area contributed by atoms with Crippen LogP contribution in [0.15, 0.2) is 24.4 Å². The van der Waals surface area contributed by atoms with E-state index in [0.29, 0.717) is 47.1 Å². The van der Waals surface area contributed by atoms with Crippen molar-refractivity contribution < 1.29 is 19.1 Å². The monoisotopic (exact) mass is 424 g/mol. The largest absolute Gasteiger partial charge is 0.481 e. The molecule has 0 bridgehead atoms. The topological polar surface area (TPSA) is 102 Å². The second-order valence-electron chi connectivity index (χ2n) is 6.09. The van der Waals surface area contributed by atoms with Gasteiger partial charge in [0.25, 0.3) is 0 Å². The van der Waals surface area contributed by atoms with Crippen LogP contribution in [0.3, 0.4) is 0 Å². The molecule has 1 atom stereocenters. The molecule has 2 aromatic rings. The fraction of sp³-hybridized carbons (Fsp3) is 0.333. The molecule has 0 saturated carbocycles. The van der Waals surface area contributed by atoms with Gasteiger partial charge in [-0.25, -0.2) is 14.8 Å². The van der Waals surface area contributed by atoms with E-state index in [-0.39, 0.29) is 23.7 Å². The van der Waals surface area contributed by atoms with E-state index < -0.39 is 6.09 Å². The molecule has 148 valence electrons. The minimum absolute atomic E-state index is 0.00773. The van der Waals surface area contributed by atoms with Crippen LogP contribution in [-0.2, 0) is 16.1 Å². The van der Waals surface area contributed by atoms with Gasteiger partial charge in [-0.15, -0.1) is 0 Å². The van der Waals surface area contributed by atoms with Gasteiger partial charge in [0.1, 0.15) is 11.8 Å². The van der Waals surface area contributed by atoms with Crippen LogP contribution in [0.1, 0.15) is 18.4 Å². The number of halogens is 2. The first-order valence-corrected chi connectivity index (χ1v) is 9.27. The summed E-state index contributed by atoms with van der Waals surface area (Å²) >= 11 is 12.1. The van der Waals surface area contributed by atoms with Crippen LogP contribution in [0.2, 0.25) is 10.2 Å². The zero-order chi connectivity index (χ0) is 20.1. The molecule has 10 heteroatoms. The zero-order valence-electron chi connectivity index (χ0n) is 15.0. The molecule has 0 aliphatic carbocycles. The maximum absolute atomic E-state index is 11.9. The number of methoxy groups -OCH3 is 1. The average molecular weight is 425 g/mol. The smallest absolute Gasteiger partial charge is 0.407 e. The highest BCUT2D eigenvalue weighted by atomic mass is 35.5. The first-order chi connectivity index (χ1) is 13.5. The number of carbonyl (C=O) groups excluding carboxylic acids is 2. The fourth-order valence-electron chi connectivity index (χ4n) is 2.75. The number of aromatic nitrogens is 2. The Morgan fingerprint density at radius 1 is 1.36 bits per heavy atom. The molecule has 0 unspecified atom stereocenters. The van der Waals surface area contributed by atoms with E-state index in [4.69, 9.17) is 32.7 Å². The molecule has 3 rings (SSSR count). The standard InChI is InChI=1S/C18H18Cl2N4O4/c1-27-17-10(9-28-18(26)22-8-11-3-5-14(25)23-11)2-4-13(24-17)12-6-7-21-16(20)15(12)19/h2,4,6-7,11H,3,5,8-9H2,1H3,(H,22,26)(H,23,25)/t11-/m0/s1. The third-order valence-electron chi connectivity index (χ3n) is 4.19. The number of hydrogen-bond donors (Lipinski definition) is 2. The molecule has 2 amide bonds. The molecule has 3 heterocycles. The van der Waals surface area contributed by atoms with E-state index in [1.807, 2.05) is 0 Å². The molecule has 2 aromatic heterocycles. The number of rotatable bonds is 6. The van der Waals surface area contributed by atoms with Crippen molar-refractivity contribution in [2.45, 2.75) is 25.5 Å². The summed E-state index contributed by atoms with van der Waals surface area (Å²) in [6.45, 7) is 0.296. The van der Waals surface area contributed by atoms with E-state index in [0.717, 1.165) is 0 Å². The van der Waals surface area contributed by atoms with Crippen LogP contribution in [0.5, 0.6) is 5.88 Å². The third-order valence-corrected chi connectivity index (χ3v) is 4.96. The number of nitrogens with zero attached hydrogens (tertiary/aromatic N) is 2. The van der Waals surface area contributed by atoms with Crippen LogP contribution in [0.25, 0.3) is 11.3 Å². The summed E-state index contributed by atoms with van der Waals surface area (Å²) in [6.07, 6.45) is 2.12. The van der Waals surface area contributed by atoms with Crippen molar-refractivity contribution in [3.8, 4) is 17.1 Å². The lowest BCUT2D eigenvalue weighted by atomic mass is 10.1. The summed E-state index contributed by atoms with van der Waals surface area (Å²) in [4.78, 5) is 31.3. The van der Waals surface area contributed by atoms with E-state index in [1.54, 1.807) is 18.2 Å². The van der Waals surface area contributed by atoms with Gasteiger partial charge in [0.2, 0.25) is 11.8 Å². The molecule has 1 aliphatic rings. The molecule has 1 saturated heterocycles. The Morgan fingerprint density at radius 2 is 2.18 bits per heavy atom. The number of pyridine rings is 2. The second kappa shape index (κ2) is 9.07. The SMILES string of the molecule is COc1nc(-c2ccnc(Cl)c2Cl)ccc1COC(=O)NC[C@@H]1CCC(=O)N1. The predicted octanol–water partition coefficient (Wildman–Crippen LogP) is 2.96. The van der Waals surface area contributed by atoms with E-state index in [9.17, 15) is 9.59 Å². The summed E-state index contributed by atoms with van der Waals surface area (Å²) in [5.41, 5.74) is 1.76. The maximum atomic E-state index is 11.9.